The number of benzene rings is 2. The first-order valence-electron chi connectivity index (χ1n) is 11.2. The van der Waals surface area contributed by atoms with Crippen molar-refractivity contribution in [3.05, 3.63) is 65.7 Å². The summed E-state index contributed by atoms with van der Waals surface area (Å²) in [6.07, 6.45) is 0.765. The van der Waals surface area contributed by atoms with E-state index >= 15 is 0 Å². The van der Waals surface area contributed by atoms with Gasteiger partial charge in [0.2, 0.25) is 10.0 Å². The van der Waals surface area contributed by atoms with Gasteiger partial charge in [0, 0.05) is 45.9 Å². The lowest BCUT2D eigenvalue weighted by Crippen LogP contribution is -2.48. The van der Waals surface area contributed by atoms with E-state index in [0.717, 1.165) is 44.7 Å². The summed E-state index contributed by atoms with van der Waals surface area (Å²) in [4.78, 5) is 16.2. The topological polar surface area (TPSA) is 90.4 Å². The average Bonchev–Trinajstić information content (AvgIpc) is 2.85. The van der Waals surface area contributed by atoms with Crippen LogP contribution in [0.2, 0.25) is 0 Å². The lowest BCUT2D eigenvalue weighted by Gasteiger charge is -2.35. The Morgan fingerprint density at radius 2 is 1.58 bits per heavy atom. The molecule has 0 spiro atoms. The van der Waals surface area contributed by atoms with Crippen molar-refractivity contribution in [2.45, 2.75) is 13.0 Å². The molecule has 1 fully saturated rings. The molecule has 1 heterocycles. The molecule has 2 aromatic carbocycles. The summed E-state index contributed by atoms with van der Waals surface area (Å²) in [6, 6.07) is 15.9. The number of ether oxygens (including phenoxy) is 1. The highest BCUT2D eigenvalue weighted by atomic mass is 32.2. The molecule has 0 atom stereocenters. The van der Waals surface area contributed by atoms with Crippen molar-refractivity contribution in [1.29, 1.82) is 0 Å². The number of nitrogens with zero attached hydrogens (tertiary/aromatic N) is 3. The third-order valence-corrected chi connectivity index (χ3v) is 7.55. The SMILES string of the molecule is COC(=O)c1ccc(CN(c2ccccc2)S(=O)(=O)CCN2CCN(CCCO)CC2)cc1. The highest BCUT2D eigenvalue weighted by Crippen LogP contribution is 2.22. The van der Waals surface area contributed by atoms with E-state index in [-0.39, 0.29) is 18.9 Å². The van der Waals surface area contributed by atoms with E-state index in [1.165, 1.54) is 11.4 Å². The zero-order chi connectivity index (χ0) is 23.7. The minimum Gasteiger partial charge on any atom is -0.465 e. The van der Waals surface area contributed by atoms with Gasteiger partial charge in [-0.25, -0.2) is 13.2 Å². The van der Waals surface area contributed by atoms with Crippen LogP contribution in [0.5, 0.6) is 0 Å². The molecule has 180 valence electrons. The largest absolute Gasteiger partial charge is 0.465 e. The zero-order valence-electron chi connectivity index (χ0n) is 19.1. The summed E-state index contributed by atoms with van der Waals surface area (Å²) in [5, 5.41) is 8.99. The molecule has 0 saturated carbocycles. The van der Waals surface area contributed by atoms with Gasteiger partial charge >= 0.3 is 5.97 Å². The van der Waals surface area contributed by atoms with E-state index in [2.05, 4.69) is 9.80 Å². The van der Waals surface area contributed by atoms with Crippen LogP contribution in [0.25, 0.3) is 0 Å². The van der Waals surface area contributed by atoms with Crippen LogP contribution in [0.15, 0.2) is 54.6 Å². The lowest BCUT2D eigenvalue weighted by atomic mass is 10.1. The number of piperazine rings is 1. The maximum atomic E-state index is 13.4. The molecule has 2 aromatic rings. The van der Waals surface area contributed by atoms with Crippen molar-refractivity contribution in [2.75, 3.05) is 63.0 Å². The third-order valence-electron chi connectivity index (χ3n) is 5.84. The van der Waals surface area contributed by atoms with Crippen LogP contribution < -0.4 is 4.31 Å². The van der Waals surface area contributed by atoms with Crippen LogP contribution in [0.4, 0.5) is 5.69 Å². The number of hydrogen-bond donors (Lipinski definition) is 1. The van der Waals surface area contributed by atoms with Gasteiger partial charge in [-0.1, -0.05) is 30.3 Å². The van der Waals surface area contributed by atoms with Gasteiger partial charge in [0.25, 0.3) is 0 Å². The lowest BCUT2D eigenvalue weighted by molar-refractivity contribution is 0.0600. The predicted molar refractivity (Wildman–Crippen MR) is 129 cm³/mol. The summed E-state index contributed by atoms with van der Waals surface area (Å²) in [5.41, 5.74) is 1.82. The van der Waals surface area contributed by atoms with Gasteiger partial charge in [0.05, 0.1) is 30.7 Å². The van der Waals surface area contributed by atoms with Gasteiger partial charge in [-0.2, -0.15) is 0 Å². The van der Waals surface area contributed by atoms with Crippen molar-refractivity contribution in [3.8, 4) is 0 Å². The number of aliphatic hydroxyl groups excluding tert-OH is 1. The number of sulfonamides is 1. The van der Waals surface area contributed by atoms with Crippen LogP contribution in [0, 0.1) is 0 Å². The first kappa shape index (κ1) is 25.2. The van der Waals surface area contributed by atoms with Crippen LogP contribution in [-0.2, 0) is 21.3 Å². The molecular formula is C24H33N3O5S. The van der Waals surface area contributed by atoms with E-state index < -0.39 is 16.0 Å². The Labute approximate surface area is 196 Å². The maximum Gasteiger partial charge on any atom is 0.337 e. The highest BCUT2D eigenvalue weighted by molar-refractivity contribution is 7.92. The van der Waals surface area contributed by atoms with E-state index in [4.69, 9.17) is 9.84 Å². The van der Waals surface area contributed by atoms with Gasteiger partial charge < -0.3 is 14.7 Å². The summed E-state index contributed by atoms with van der Waals surface area (Å²) in [7, 11) is -2.25. The van der Waals surface area contributed by atoms with Crippen LogP contribution in [0.3, 0.4) is 0 Å². The zero-order valence-corrected chi connectivity index (χ0v) is 19.9. The second-order valence-electron chi connectivity index (χ2n) is 8.11. The number of carbonyl (C=O) groups is 1. The summed E-state index contributed by atoms with van der Waals surface area (Å²) < 4.78 is 33.0. The highest BCUT2D eigenvalue weighted by Gasteiger charge is 2.25. The average molecular weight is 476 g/mol. The molecule has 0 unspecified atom stereocenters. The fraction of sp³-hybridized carbons (Fsp3) is 0.458. The normalized spacial score (nSPS) is 15.3. The van der Waals surface area contributed by atoms with Crippen molar-refractivity contribution in [2.24, 2.45) is 0 Å². The minimum absolute atomic E-state index is 0.0266. The number of anilines is 1. The molecule has 8 nitrogen and oxygen atoms in total. The monoisotopic (exact) mass is 475 g/mol. The second-order valence-corrected chi connectivity index (χ2v) is 10.1. The number of esters is 1. The minimum atomic E-state index is -3.58. The van der Waals surface area contributed by atoms with Gasteiger partial charge in [0.1, 0.15) is 0 Å². The summed E-state index contributed by atoms with van der Waals surface area (Å²) in [6.45, 7) is 5.13. The van der Waals surface area contributed by atoms with Gasteiger partial charge in [-0.3, -0.25) is 9.21 Å². The standard InChI is InChI=1S/C24H33N3O5S/c1-32-24(29)22-10-8-21(9-11-22)20-27(23-6-3-2-4-7-23)33(30,31)19-17-26-15-13-25(14-16-26)12-5-18-28/h2-4,6-11,28H,5,12-20H2,1H3. The van der Waals surface area contributed by atoms with Crippen molar-refractivity contribution in [1.82, 2.24) is 9.80 Å². The molecule has 1 aliphatic rings. The number of aliphatic hydroxyl groups is 1. The van der Waals surface area contributed by atoms with E-state index in [1.54, 1.807) is 36.4 Å². The summed E-state index contributed by atoms with van der Waals surface area (Å²) in [5.74, 6) is -0.399. The Hall–Kier alpha value is -2.46. The van der Waals surface area contributed by atoms with E-state index in [9.17, 15) is 13.2 Å². The molecule has 0 aromatic heterocycles. The van der Waals surface area contributed by atoms with Gasteiger partial charge in [-0.15, -0.1) is 0 Å². The Bertz CT molecular complexity index is 975. The number of hydrogen-bond acceptors (Lipinski definition) is 7. The maximum absolute atomic E-state index is 13.4. The first-order valence-corrected chi connectivity index (χ1v) is 12.8. The van der Waals surface area contributed by atoms with Crippen molar-refractivity contribution >= 4 is 21.7 Å². The third kappa shape index (κ3) is 7.26. The fourth-order valence-electron chi connectivity index (χ4n) is 3.86. The quantitative estimate of drug-likeness (QED) is 0.496. The molecule has 1 saturated heterocycles. The Balaban J connectivity index is 1.67. The van der Waals surface area contributed by atoms with Crippen LogP contribution >= 0.6 is 0 Å². The summed E-state index contributed by atoms with van der Waals surface area (Å²) >= 11 is 0. The molecule has 1 aliphatic heterocycles. The molecule has 9 heteroatoms. The molecule has 3 rings (SSSR count). The second kappa shape index (κ2) is 12.1. The molecule has 0 aliphatic carbocycles. The molecule has 1 N–H and O–H groups in total. The van der Waals surface area contributed by atoms with E-state index in [0.29, 0.717) is 17.8 Å². The Morgan fingerprint density at radius 1 is 0.970 bits per heavy atom. The molecule has 33 heavy (non-hydrogen) atoms. The van der Waals surface area contributed by atoms with Crippen LogP contribution in [-0.4, -0.2) is 88.0 Å². The fourth-order valence-corrected chi connectivity index (χ4v) is 5.36. The Kier molecular flexibility index (Phi) is 9.25. The Morgan fingerprint density at radius 3 is 2.15 bits per heavy atom. The first-order chi connectivity index (χ1) is 15.9. The molecule has 0 amide bonds. The number of carbonyl (C=O) groups excluding carboxylic acids is 1. The number of methoxy groups -OCH3 is 1. The van der Waals surface area contributed by atoms with Gasteiger partial charge in [-0.05, 0) is 36.2 Å². The van der Waals surface area contributed by atoms with Crippen molar-refractivity contribution < 1.29 is 23.1 Å². The smallest absolute Gasteiger partial charge is 0.337 e. The molecular weight excluding hydrogens is 442 g/mol. The number of para-hydroxylation sites is 1. The van der Waals surface area contributed by atoms with E-state index in [1.807, 2.05) is 18.2 Å². The van der Waals surface area contributed by atoms with Crippen LogP contribution in [0.1, 0.15) is 22.3 Å². The van der Waals surface area contributed by atoms with Gasteiger partial charge in [0.15, 0.2) is 0 Å². The van der Waals surface area contributed by atoms with Crippen molar-refractivity contribution in [3.63, 3.8) is 0 Å². The predicted octanol–water partition coefficient (Wildman–Crippen LogP) is 1.81. The molecule has 0 bridgehead atoms. The molecule has 0 radical (unpaired) electrons. The number of rotatable bonds is 11.